The number of likely N-dealkylation sites (N-methyl/N-ethyl adjacent to an activating group) is 1. The molecule has 12 heavy (non-hydrogen) atoms. The summed E-state index contributed by atoms with van der Waals surface area (Å²) in [6, 6.07) is 0.219. The maximum Gasteiger partial charge on any atom is 0.0484 e. The molecule has 2 N–H and O–H groups in total. The van der Waals surface area contributed by atoms with Crippen LogP contribution in [0.3, 0.4) is 0 Å². The van der Waals surface area contributed by atoms with E-state index in [0.717, 1.165) is 26.1 Å². The van der Waals surface area contributed by atoms with Gasteiger partial charge < -0.3 is 15.4 Å². The quantitative estimate of drug-likeness (QED) is 0.657. The van der Waals surface area contributed by atoms with Crippen molar-refractivity contribution in [3.63, 3.8) is 0 Å². The van der Waals surface area contributed by atoms with Crippen LogP contribution in [0.5, 0.6) is 0 Å². The average Bonchev–Trinajstić information content (AvgIpc) is 2.05. The Hall–Kier alpha value is -0.120. The molecule has 0 radical (unpaired) electrons. The Labute approximate surface area is 74.9 Å². The number of rotatable bonds is 2. The SMILES string of the molecule is CC(N)C1(N(C)C)CCOCC1. The van der Waals surface area contributed by atoms with E-state index in [2.05, 4.69) is 25.9 Å². The summed E-state index contributed by atoms with van der Waals surface area (Å²) >= 11 is 0. The van der Waals surface area contributed by atoms with Gasteiger partial charge in [0, 0.05) is 24.8 Å². The fourth-order valence-corrected chi connectivity index (χ4v) is 2.03. The van der Waals surface area contributed by atoms with Crippen LogP contribution in [0, 0.1) is 0 Å². The summed E-state index contributed by atoms with van der Waals surface area (Å²) in [7, 11) is 4.21. The van der Waals surface area contributed by atoms with Crippen LogP contribution in [0.15, 0.2) is 0 Å². The molecule has 0 bridgehead atoms. The Balaban J connectivity index is 2.70. The molecule has 72 valence electrons. The number of nitrogens with two attached hydrogens (primary N) is 1. The standard InChI is InChI=1S/C9H20N2O/c1-8(10)9(11(2)3)4-6-12-7-5-9/h8H,4-7,10H2,1-3H3. The van der Waals surface area contributed by atoms with Crippen LogP contribution in [0.4, 0.5) is 0 Å². The zero-order chi connectivity index (χ0) is 9.19. The van der Waals surface area contributed by atoms with E-state index >= 15 is 0 Å². The van der Waals surface area contributed by atoms with Gasteiger partial charge in [0.2, 0.25) is 0 Å². The van der Waals surface area contributed by atoms with Crippen molar-refractivity contribution in [2.24, 2.45) is 5.73 Å². The Bertz CT molecular complexity index is 129. The fraction of sp³-hybridized carbons (Fsp3) is 1.00. The van der Waals surface area contributed by atoms with Crippen molar-refractivity contribution >= 4 is 0 Å². The molecule has 0 aromatic carbocycles. The monoisotopic (exact) mass is 172 g/mol. The van der Waals surface area contributed by atoms with E-state index in [9.17, 15) is 0 Å². The second kappa shape index (κ2) is 3.73. The molecule has 1 unspecified atom stereocenters. The summed E-state index contributed by atoms with van der Waals surface area (Å²) in [5, 5.41) is 0. The molecule has 0 amide bonds. The molecule has 0 saturated carbocycles. The average molecular weight is 172 g/mol. The molecule has 3 nitrogen and oxygen atoms in total. The highest BCUT2D eigenvalue weighted by molar-refractivity contribution is 4.96. The van der Waals surface area contributed by atoms with Crippen LogP contribution >= 0.6 is 0 Å². The molecule has 1 fully saturated rings. The van der Waals surface area contributed by atoms with Crippen LogP contribution < -0.4 is 5.73 Å². The van der Waals surface area contributed by atoms with Crippen molar-refractivity contribution in [1.29, 1.82) is 0 Å². The summed E-state index contributed by atoms with van der Waals surface area (Å²) in [5.41, 5.74) is 6.17. The minimum absolute atomic E-state index is 0.165. The van der Waals surface area contributed by atoms with Crippen molar-refractivity contribution in [2.45, 2.75) is 31.3 Å². The minimum atomic E-state index is 0.165. The molecule has 1 saturated heterocycles. The molecule has 1 heterocycles. The van der Waals surface area contributed by atoms with Gasteiger partial charge in [-0.15, -0.1) is 0 Å². The molecule has 0 aromatic heterocycles. The van der Waals surface area contributed by atoms with Crippen LogP contribution in [0.1, 0.15) is 19.8 Å². The second-order valence-electron chi connectivity index (χ2n) is 3.90. The number of ether oxygens (including phenoxy) is 1. The third-order valence-electron chi connectivity index (χ3n) is 3.10. The lowest BCUT2D eigenvalue weighted by molar-refractivity contribution is -0.0183. The molecule has 0 aliphatic carbocycles. The van der Waals surface area contributed by atoms with Crippen molar-refractivity contribution in [3.05, 3.63) is 0 Å². The van der Waals surface area contributed by atoms with Gasteiger partial charge in [-0.05, 0) is 33.9 Å². The van der Waals surface area contributed by atoms with Crippen LogP contribution in [-0.4, -0.2) is 43.8 Å². The minimum Gasteiger partial charge on any atom is -0.381 e. The van der Waals surface area contributed by atoms with Crippen molar-refractivity contribution < 1.29 is 4.74 Å². The summed E-state index contributed by atoms with van der Waals surface area (Å²) in [6.07, 6.45) is 2.11. The molecule has 1 rings (SSSR count). The van der Waals surface area contributed by atoms with Crippen LogP contribution in [-0.2, 0) is 4.74 Å². The van der Waals surface area contributed by atoms with E-state index in [0.29, 0.717) is 0 Å². The predicted octanol–water partition coefficient (Wildman–Crippen LogP) is 0.444. The normalized spacial score (nSPS) is 25.8. The maximum atomic E-state index is 6.01. The third-order valence-corrected chi connectivity index (χ3v) is 3.10. The highest BCUT2D eigenvalue weighted by Crippen LogP contribution is 2.28. The van der Waals surface area contributed by atoms with E-state index in [1.807, 2.05) is 0 Å². The number of hydrogen-bond acceptors (Lipinski definition) is 3. The summed E-state index contributed by atoms with van der Waals surface area (Å²) in [4.78, 5) is 2.25. The molecule has 0 aromatic rings. The van der Waals surface area contributed by atoms with Crippen molar-refractivity contribution in [3.8, 4) is 0 Å². The van der Waals surface area contributed by atoms with Crippen molar-refractivity contribution in [1.82, 2.24) is 4.90 Å². The zero-order valence-corrected chi connectivity index (χ0v) is 8.34. The lowest BCUT2D eigenvalue weighted by atomic mass is 9.82. The lowest BCUT2D eigenvalue weighted by Crippen LogP contribution is -2.58. The smallest absolute Gasteiger partial charge is 0.0484 e. The second-order valence-corrected chi connectivity index (χ2v) is 3.90. The van der Waals surface area contributed by atoms with E-state index in [1.165, 1.54) is 0 Å². The summed E-state index contributed by atoms with van der Waals surface area (Å²) in [6.45, 7) is 3.78. The van der Waals surface area contributed by atoms with Gasteiger partial charge in [0.1, 0.15) is 0 Å². The van der Waals surface area contributed by atoms with E-state index < -0.39 is 0 Å². The lowest BCUT2D eigenvalue weighted by Gasteiger charge is -2.45. The van der Waals surface area contributed by atoms with Gasteiger partial charge >= 0.3 is 0 Å². The number of nitrogens with zero attached hydrogens (tertiary/aromatic N) is 1. The topological polar surface area (TPSA) is 38.5 Å². The van der Waals surface area contributed by atoms with Gasteiger partial charge in [-0.25, -0.2) is 0 Å². The van der Waals surface area contributed by atoms with Crippen molar-refractivity contribution in [2.75, 3.05) is 27.3 Å². The van der Waals surface area contributed by atoms with Gasteiger partial charge in [0.15, 0.2) is 0 Å². The highest BCUT2D eigenvalue weighted by Gasteiger charge is 2.37. The third kappa shape index (κ3) is 1.63. The first-order valence-electron chi connectivity index (χ1n) is 4.60. The van der Waals surface area contributed by atoms with Gasteiger partial charge in [0.25, 0.3) is 0 Å². The predicted molar refractivity (Wildman–Crippen MR) is 50.1 cm³/mol. The zero-order valence-electron chi connectivity index (χ0n) is 8.34. The fourth-order valence-electron chi connectivity index (χ4n) is 2.03. The molecule has 1 aliphatic rings. The van der Waals surface area contributed by atoms with E-state index in [1.54, 1.807) is 0 Å². The highest BCUT2D eigenvalue weighted by atomic mass is 16.5. The summed E-state index contributed by atoms with van der Waals surface area (Å²) < 4.78 is 5.34. The van der Waals surface area contributed by atoms with Crippen LogP contribution in [0.25, 0.3) is 0 Å². The van der Waals surface area contributed by atoms with Gasteiger partial charge in [-0.2, -0.15) is 0 Å². The first-order valence-corrected chi connectivity index (χ1v) is 4.60. The molecular formula is C9H20N2O. The van der Waals surface area contributed by atoms with E-state index in [-0.39, 0.29) is 11.6 Å². The molecule has 1 aliphatic heterocycles. The molecule has 3 heteroatoms. The molecule has 0 spiro atoms. The summed E-state index contributed by atoms with van der Waals surface area (Å²) in [5.74, 6) is 0. The Morgan fingerprint density at radius 3 is 2.08 bits per heavy atom. The Morgan fingerprint density at radius 1 is 1.33 bits per heavy atom. The maximum absolute atomic E-state index is 6.01. The van der Waals surface area contributed by atoms with Crippen LogP contribution in [0.2, 0.25) is 0 Å². The number of hydrogen-bond donors (Lipinski definition) is 1. The van der Waals surface area contributed by atoms with E-state index in [4.69, 9.17) is 10.5 Å². The Kier molecular flexibility index (Phi) is 3.09. The first kappa shape index (κ1) is 9.96. The molecule has 1 atom stereocenters. The first-order chi connectivity index (χ1) is 5.59. The van der Waals surface area contributed by atoms with Gasteiger partial charge in [-0.1, -0.05) is 0 Å². The molecular weight excluding hydrogens is 152 g/mol. The Morgan fingerprint density at radius 2 is 1.83 bits per heavy atom. The van der Waals surface area contributed by atoms with Gasteiger partial charge in [-0.3, -0.25) is 0 Å². The van der Waals surface area contributed by atoms with Gasteiger partial charge in [0.05, 0.1) is 0 Å². The largest absolute Gasteiger partial charge is 0.381 e.